The van der Waals surface area contributed by atoms with Gasteiger partial charge >= 0.3 is 0 Å². The number of hydrogen-bond acceptors (Lipinski definition) is 1. The van der Waals surface area contributed by atoms with Crippen molar-refractivity contribution in [2.24, 2.45) is 18.4 Å². The number of aromatic nitrogens is 2. The predicted molar refractivity (Wildman–Crippen MR) is 81.9 cm³/mol. The summed E-state index contributed by atoms with van der Waals surface area (Å²) in [7, 11) is 2.02. The van der Waals surface area contributed by atoms with Crippen molar-refractivity contribution < 1.29 is 0 Å². The molecular weight excluding hydrogens is 232 g/mol. The Labute approximate surface area is 118 Å². The largest absolute Gasteiger partial charge is 0.340 e. The van der Waals surface area contributed by atoms with Crippen molar-refractivity contribution in [3.8, 4) is 11.8 Å². The van der Waals surface area contributed by atoms with E-state index in [1.807, 2.05) is 31.8 Å². The molecule has 1 aromatic heterocycles. The number of rotatable bonds is 2. The Bertz CT molecular complexity index is 440. The Kier molecular flexibility index (Phi) is 5.66. The van der Waals surface area contributed by atoms with Gasteiger partial charge in [-0.3, -0.25) is 0 Å². The Morgan fingerprint density at radius 3 is 2.58 bits per heavy atom. The van der Waals surface area contributed by atoms with E-state index in [1.54, 1.807) is 0 Å². The minimum Gasteiger partial charge on any atom is -0.340 e. The van der Waals surface area contributed by atoms with E-state index in [1.165, 1.54) is 18.5 Å². The second kappa shape index (κ2) is 6.80. The van der Waals surface area contributed by atoms with Gasteiger partial charge in [0.1, 0.15) is 0 Å². The van der Waals surface area contributed by atoms with Crippen LogP contribution < -0.4 is 0 Å². The van der Waals surface area contributed by atoms with E-state index in [-0.39, 0.29) is 0 Å². The van der Waals surface area contributed by atoms with Crippen molar-refractivity contribution in [1.29, 1.82) is 0 Å². The molecule has 2 nitrogen and oxygen atoms in total. The first-order valence-corrected chi connectivity index (χ1v) is 7.42. The molecule has 106 valence electrons. The van der Waals surface area contributed by atoms with Gasteiger partial charge in [-0.05, 0) is 18.3 Å². The summed E-state index contributed by atoms with van der Waals surface area (Å²) in [5.41, 5.74) is 1.61. The molecule has 1 unspecified atom stereocenters. The molecule has 19 heavy (non-hydrogen) atoms. The molecule has 1 fully saturated rings. The summed E-state index contributed by atoms with van der Waals surface area (Å²) in [6.07, 6.45) is 7.38. The molecule has 1 aliphatic rings. The van der Waals surface area contributed by atoms with Crippen LogP contribution in [-0.2, 0) is 7.05 Å². The third-order valence-electron chi connectivity index (χ3n) is 3.18. The Balaban J connectivity index is 0.000000861. The molecule has 0 aromatic carbocycles. The van der Waals surface area contributed by atoms with Gasteiger partial charge in [0.2, 0.25) is 0 Å². The lowest BCUT2D eigenvalue weighted by molar-refractivity contribution is 0.384. The van der Waals surface area contributed by atoms with Crippen molar-refractivity contribution in [1.82, 2.24) is 9.55 Å². The van der Waals surface area contributed by atoms with E-state index in [0.717, 1.165) is 6.42 Å². The molecule has 0 N–H and O–H groups in total. The fourth-order valence-electron chi connectivity index (χ4n) is 1.95. The molecule has 1 heterocycles. The SMILES string of the molecule is CC.Cn1cnc([C@@H]2CC2C#CCCC(C)(C)C)c1. The molecule has 1 aromatic rings. The molecule has 0 saturated heterocycles. The maximum absolute atomic E-state index is 4.39. The average molecular weight is 260 g/mol. The van der Waals surface area contributed by atoms with Gasteiger partial charge in [-0.1, -0.05) is 40.5 Å². The summed E-state index contributed by atoms with van der Waals surface area (Å²) in [6.45, 7) is 10.8. The molecule has 2 heteroatoms. The smallest absolute Gasteiger partial charge is 0.0946 e. The zero-order chi connectivity index (χ0) is 14.5. The normalized spacial score (nSPS) is 20.9. The summed E-state index contributed by atoms with van der Waals surface area (Å²) in [5.74, 6) is 7.87. The van der Waals surface area contributed by atoms with E-state index in [0.29, 0.717) is 17.3 Å². The van der Waals surface area contributed by atoms with E-state index in [2.05, 4.69) is 43.8 Å². The van der Waals surface area contributed by atoms with Crippen LogP contribution >= 0.6 is 0 Å². The molecule has 0 aliphatic heterocycles. The van der Waals surface area contributed by atoms with Crippen LogP contribution in [0.5, 0.6) is 0 Å². The van der Waals surface area contributed by atoms with Gasteiger partial charge in [-0.15, -0.1) is 5.92 Å². The fraction of sp³-hybridized carbons (Fsp3) is 0.706. The molecule has 2 atom stereocenters. The molecule has 1 aliphatic carbocycles. The van der Waals surface area contributed by atoms with Crippen LogP contribution in [0.25, 0.3) is 0 Å². The highest BCUT2D eigenvalue weighted by Gasteiger charge is 2.38. The maximum atomic E-state index is 4.39. The maximum Gasteiger partial charge on any atom is 0.0946 e. The van der Waals surface area contributed by atoms with E-state index < -0.39 is 0 Å². The molecule has 0 spiro atoms. The van der Waals surface area contributed by atoms with Crippen molar-refractivity contribution in [3.05, 3.63) is 18.2 Å². The molecule has 1 saturated carbocycles. The van der Waals surface area contributed by atoms with Gasteiger partial charge in [-0.2, -0.15) is 0 Å². The average Bonchev–Trinajstić information content (AvgIpc) is 3.00. The highest BCUT2D eigenvalue weighted by atomic mass is 15.0. The minimum atomic E-state index is 0.401. The predicted octanol–water partition coefficient (Wildman–Crippen LogP) is 4.38. The first kappa shape index (κ1) is 15.8. The Hall–Kier alpha value is -1.23. The Morgan fingerprint density at radius 1 is 1.37 bits per heavy atom. The zero-order valence-electron chi connectivity index (χ0n) is 13.3. The van der Waals surface area contributed by atoms with Gasteiger partial charge in [0.15, 0.2) is 0 Å². The molecule has 0 bridgehead atoms. The minimum absolute atomic E-state index is 0.401. The van der Waals surface area contributed by atoms with Crippen molar-refractivity contribution in [2.75, 3.05) is 0 Å². The standard InChI is InChI=1S/C15H22N2.C2H6/c1-15(2,3)8-6-5-7-12-9-13(12)14-10-17(4)11-16-14;1-2/h10-13H,6,8-9H2,1-4H3;1-2H3/t12?,13-;/m1./s1. The van der Waals surface area contributed by atoms with Crippen molar-refractivity contribution in [2.45, 2.75) is 59.8 Å². The fourth-order valence-corrected chi connectivity index (χ4v) is 1.95. The van der Waals surface area contributed by atoms with E-state index >= 15 is 0 Å². The Morgan fingerprint density at radius 2 is 2.05 bits per heavy atom. The molecule has 2 rings (SSSR count). The van der Waals surface area contributed by atoms with Crippen molar-refractivity contribution >= 4 is 0 Å². The third kappa shape index (κ3) is 5.51. The summed E-state index contributed by atoms with van der Waals surface area (Å²) < 4.78 is 2.01. The van der Waals surface area contributed by atoms with Crippen LogP contribution in [0.3, 0.4) is 0 Å². The molecular formula is C17H28N2. The third-order valence-corrected chi connectivity index (χ3v) is 3.18. The van der Waals surface area contributed by atoms with Gasteiger partial charge in [-0.25, -0.2) is 4.98 Å². The monoisotopic (exact) mass is 260 g/mol. The molecule has 0 radical (unpaired) electrons. The quantitative estimate of drug-likeness (QED) is 0.722. The summed E-state index contributed by atoms with van der Waals surface area (Å²) in [5, 5.41) is 0. The van der Waals surface area contributed by atoms with E-state index in [4.69, 9.17) is 0 Å². The molecule has 0 amide bonds. The first-order chi connectivity index (χ1) is 8.96. The number of hydrogen-bond donors (Lipinski definition) is 0. The van der Waals surface area contributed by atoms with Crippen LogP contribution in [0.1, 0.15) is 65.5 Å². The second-order valence-corrected chi connectivity index (χ2v) is 6.29. The zero-order valence-corrected chi connectivity index (χ0v) is 13.3. The first-order valence-electron chi connectivity index (χ1n) is 7.42. The van der Waals surface area contributed by atoms with Gasteiger partial charge in [0.05, 0.1) is 12.0 Å². The van der Waals surface area contributed by atoms with Gasteiger partial charge < -0.3 is 4.57 Å². The van der Waals surface area contributed by atoms with E-state index in [9.17, 15) is 0 Å². The van der Waals surface area contributed by atoms with Crippen molar-refractivity contribution in [3.63, 3.8) is 0 Å². The summed E-state index contributed by atoms with van der Waals surface area (Å²) in [6, 6.07) is 0. The summed E-state index contributed by atoms with van der Waals surface area (Å²) >= 11 is 0. The van der Waals surface area contributed by atoms with Crippen LogP contribution in [0, 0.1) is 23.2 Å². The van der Waals surface area contributed by atoms with Crippen LogP contribution in [0.15, 0.2) is 12.5 Å². The van der Waals surface area contributed by atoms with Crippen LogP contribution in [0.4, 0.5) is 0 Å². The number of aryl methyl sites for hydroxylation is 1. The van der Waals surface area contributed by atoms with Crippen LogP contribution in [-0.4, -0.2) is 9.55 Å². The highest BCUT2D eigenvalue weighted by Crippen LogP contribution is 2.46. The lowest BCUT2D eigenvalue weighted by atomic mass is 9.91. The lowest BCUT2D eigenvalue weighted by Gasteiger charge is -2.15. The number of nitrogens with zero attached hydrogens (tertiary/aromatic N) is 2. The van der Waals surface area contributed by atoms with Gasteiger partial charge in [0.25, 0.3) is 0 Å². The summed E-state index contributed by atoms with van der Waals surface area (Å²) in [4.78, 5) is 4.39. The topological polar surface area (TPSA) is 17.8 Å². The second-order valence-electron chi connectivity index (χ2n) is 6.29. The lowest BCUT2D eigenvalue weighted by Crippen LogP contribution is -2.03. The van der Waals surface area contributed by atoms with Crippen LogP contribution in [0.2, 0.25) is 0 Å². The van der Waals surface area contributed by atoms with Gasteiger partial charge in [0, 0.05) is 31.5 Å². The highest BCUT2D eigenvalue weighted by molar-refractivity contribution is 5.25. The number of imidazole rings is 1.